The molecule has 5 rings (SSSR count). The standard InChI is InChI=1S/C36H46ClN7O6/c1-22-13-23(14-24(31(22)50-21-48-8)33(46)41-36(5,6)19-35(2,3)4)25-17-44(32-30(25)34(47)42(7)20-39-32)18-29(45)40-27-15-28(38-16-26(27)37)43-9-11-49-12-10-43/h13-17,20H,9-12,18-19,21H2,1-8H3,(H,41,46)(H,38,40,45). The Morgan fingerprint density at radius 2 is 1.80 bits per heavy atom. The lowest BCUT2D eigenvalue weighted by atomic mass is 9.81. The quantitative estimate of drug-likeness (QED) is 0.202. The monoisotopic (exact) mass is 707 g/mol. The minimum atomic E-state index is -0.526. The van der Waals surface area contributed by atoms with Gasteiger partial charge in [0.15, 0.2) is 6.79 Å². The van der Waals surface area contributed by atoms with Gasteiger partial charge in [0.25, 0.3) is 11.5 Å². The fraction of sp³-hybridized carbons (Fsp3) is 0.472. The summed E-state index contributed by atoms with van der Waals surface area (Å²) in [5, 5.41) is 6.67. The molecule has 0 unspecified atom stereocenters. The number of hydrogen-bond donors (Lipinski definition) is 2. The van der Waals surface area contributed by atoms with Crippen LogP contribution in [0.4, 0.5) is 11.5 Å². The number of nitrogens with zero attached hydrogens (tertiary/aromatic N) is 5. The van der Waals surface area contributed by atoms with Crippen molar-refractivity contribution < 1.29 is 23.8 Å². The fourth-order valence-corrected chi connectivity index (χ4v) is 6.74. The van der Waals surface area contributed by atoms with Crippen LogP contribution >= 0.6 is 11.6 Å². The van der Waals surface area contributed by atoms with E-state index in [2.05, 4.69) is 46.3 Å². The summed E-state index contributed by atoms with van der Waals surface area (Å²) in [7, 11) is 3.12. The van der Waals surface area contributed by atoms with Crippen LogP contribution in [0.1, 0.15) is 57.0 Å². The van der Waals surface area contributed by atoms with Crippen molar-refractivity contribution in [3.63, 3.8) is 0 Å². The molecule has 2 amide bonds. The average Bonchev–Trinajstić information content (AvgIpc) is 3.40. The Labute approximate surface area is 296 Å². The maximum Gasteiger partial charge on any atom is 0.263 e. The van der Waals surface area contributed by atoms with E-state index in [1.807, 2.05) is 26.8 Å². The zero-order valence-corrected chi connectivity index (χ0v) is 30.7. The first-order chi connectivity index (χ1) is 23.6. The van der Waals surface area contributed by atoms with Gasteiger partial charge in [0.05, 0.1) is 47.4 Å². The van der Waals surface area contributed by atoms with Crippen molar-refractivity contribution in [2.75, 3.05) is 50.4 Å². The minimum absolute atomic E-state index is 0.0289. The van der Waals surface area contributed by atoms with Crippen molar-refractivity contribution in [3.8, 4) is 16.9 Å². The summed E-state index contributed by atoms with van der Waals surface area (Å²) in [5.74, 6) is 0.356. The van der Waals surface area contributed by atoms with Gasteiger partial charge >= 0.3 is 0 Å². The predicted molar refractivity (Wildman–Crippen MR) is 194 cm³/mol. The number of benzene rings is 1. The number of aromatic nitrogens is 4. The molecule has 0 bridgehead atoms. The highest BCUT2D eigenvalue weighted by Crippen LogP contribution is 2.35. The smallest absolute Gasteiger partial charge is 0.263 e. The molecule has 1 aromatic carbocycles. The van der Waals surface area contributed by atoms with Gasteiger partial charge in [0, 0.05) is 50.6 Å². The third-order valence-corrected chi connectivity index (χ3v) is 8.58. The lowest BCUT2D eigenvalue weighted by molar-refractivity contribution is -0.116. The zero-order chi connectivity index (χ0) is 36.4. The molecule has 50 heavy (non-hydrogen) atoms. The normalized spacial score (nSPS) is 13.8. The highest BCUT2D eigenvalue weighted by atomic mass is 35.5. The van der Waals surface area contributed by atoms with E-state index >= 15 is 0 Å². The van der Waals surface area contributed by atoms with Gasteiger partial charge < -0.3 is 38.9 Å². The number of amides is 2. The number of ether oxygens (including phenoxy) is 3. The molecule has 0 aliphatic carbocycles. The first kappa shape index (κ1) is 36.8. The molecular formula is C36H46ClN7O6. The Hall–Kier alpha value is -4.46. The van der Waals surface area contributed by atoms with E-state index in [-0.39, 0.29) is 36.1 Å². The van der Waals surface area contributed by atoms with Crippen molar-refractivity contribution in [1.82, 2.24) is 24.4 Å². The summed E-state index contributed by atoms with van der Waals surface area (Å²) in [4.78, 5) is 52.1. The molecule has 0 radical (unpaired) electrons. The van der Waals surface area contributed by atoms with Crippen molar-refractivity contribution in [2.24, 2.45) is 12.5 Å². The Morgan fingerprint density at radius 3 is 2.48 bits per heavy atom. The summed E-state index contributed by atoms with van der Waals surface area (Å²) in [6.07, 6.45) is 5.37. The average molecular weight is 708 g/mol. The summed E-state index contributed by atoms with van der Waals surface area (Å²) in [6.45, 7) is 14.5. The van der Waals surface area contributed by atoms with Crippen LogP contribution in [0.5, 0.6) is 5.75 Å². The van der Waals surface area contributed by atoms with Crippen LogP contribution in [0.25, 0.3) is 22.2 Å². The van der Waals surface area contributed by atoms with Gasteiger partial charge in [-0.1, -0.05) is 32.4 Å². The maximum atomic E-state index is 13.9. The number of nitrogens with one attached hydrogen (secondary N) is 2. The molecule has 1 fully saturated rings. The molecule has 0 atom stereocenters. The highest BCUT2D eigenvalue weighted by molar-refractivity contribution is 6.33. The molecule has 1 saturated heterocycles. The van der Waals surface area contributed by atoms with Crippen LogP contribution in [0.15, 0.2) is 41.7 Å². The number of morpholine rings is 1. The topological polar surface area (TPSA) is 142 Å². The second kappa shape index (κ2) is 14.8. The molecule has 2 N–H and O–H groups in total. The number of aryl methyl sites for hydroxylation is 2. The molecule has 14 heteroatoms. The molecule has 13 nitrogen and oxygen atoms in total. The summed E-state index contributed by atoms with van der Waals surface area (Å²) < 4.78 is 19.5. The maximum absolute atomic E-state index is 13.9. The largest absolute Gasteiger partial charge is 0.466 e. The summed E-state index contributed by atoms with van der Waals surface area (Å²) in [5.41, 5.74) is 1.95. The number of halogens is 1. The van der Waals surface area contributed by atoms with Crippen molar-refractivity contribution in [1.29, 1.82) is 0 Å². The van der Waals surface area contributed by atoms with Crippen LogP contribution < -0.4 is 25.8 Å². The van der Waals surface area contributed by atoms with Crippen molar-refractivity contribution in [3.05, 3.63) is 63.4 Å². The van der Waals surface area contributed by atoms with Gasteiger partial charge in [-0.15, -0.1) is 0 Å². The number of fused-ring (bicyclic) bond motifs is 1. The van der Waals surface area contributed by atoms with E-state index in [9.17, 15) is 14.4 Å². The number of hydrogen-bond acceptors (Lipinski definition) is 9. The Balaban J connectivity index is 1.52. The summed E-state index contributed by atoms with van der Waals surface area (Å²) in [6, 6.07) is 5.29. The predicted octanol–water partition coefficient (Wildman–Crippen LogP) is 5.16. The van der Waals surface area contributed by atoms with Crippen molar-refractivity contribution in [2.45, 2.75) is 60.0 Å². The van der Waals surface area contributed by atoms with E-state index in [1.54, 1.807) is 29.9 Å². The van der Waals surface area contributed by atoms with Gasteiger partial charge in [-0.3, -0.25) is 14.4 Å². The van der Waals surface area contributed by atoms with E-state index in [4.69, 9.17) is 25.8 Å². The SMILES string of the molecule is COCOc1c(C)cc(-c2cn(CC(=O)Nc3cc(N4CCOCC4)ncc3Cl)c3ncn(C)c(=O)c23)cc1C(=O)NC(C)(C)CC(C)(C)C. The molecule has 268 valence electrons. The Morgan fingerprint density at radius 1 is 1.08 bits per heavy atom. The van der Waals surface area contributed by atoms with E-state index in [0.29, 0.717) is 81.9 Å². The first-order valence-electron chi connectivity index (χ1n) is 16.5. The highest BCUT2D eigenvalue weighted by Gasteiger charge is 2.30. The van der Waals surface area contributed by atoms with Gasteiger partial charge in [0.1, 0.15) is 23.8 Å². The molecule has 4 heterocycles. The molecule has 4 aromatic rings. The first-order valence-corrected chi connectivity index (χ1v) is 16.9. The van der Waals surface area contributed by atoms with Crippen LogP contribution in [0, 0.1) is 12.3 Å². The summed E-state index contributed by atoms with van der Waals surface area (Å²) >= 11 is 6.44. The van der Waals surface area contributed by atoms with E-state index in [1.165, 1.54) is 24.2 Å². The number of carbonyl (C=O) groups is 2. The van der Waals surface area contributed by atoms with Crippen molar-refractivity contribution >= 4 is 46.0 Å². The fourth-order valence-electron chi connectivity index (χ4n) is 6.59. The molecule has 1 aliphatic heterocycles. The molecule has 0 saturated carbocycles. The molecule has 1 aliphatic rings. The van der Waals surface area contributed by atoms with Gasteiger partial charge in [-0.25, -0.2) is 9.97 Å². The number of rotatable bonds is 11. The van der Waals surface area contributed by atoms with E-state index in [0.717, 1.165) is 6.42 Å². The van der Waals surface area contributed by atoms with Crippen LogP contribution in [-0.2, 0) is 27.9 Å². The Kier molecular flexibility index (Phi) is 10.9. The number of methoxy groups -OCH3 is 1. The lowest BCUT2D eigenvalue weighted by Crippen LogP contribution is -2.46. The molecule has 3 aromatic heterocycles. The van der Waals surface area contributed by atoms with Gasteiger partial charge in [0.2, 0.25) is 5.91 Å². The third-order valence-electron chi connectivity index (χ3n) is 8.28. The third kappa shape index (κ3) is 8.45. The Bertz CT molecular complexity index is 1960. The van der Waals surface area contributed by atoms with Crippen LogP contribution in [0.3, 0.4) is 0 Å². The van der Waals surface area contributed by atoms with E-state index < -0.39 is 5.54 Å². The van der Waals surface area contributed by atoms with Gasteiger partial charge in [-0.2, -0.15) is 0 Å². The van der Waals surface area contributed by atoms with Crippen LogP contribution in [0.2, 0.25) is 5.02 Å². The van der Waals surface area contributed by atoms with Gasteiger partial charge in [-0.05, 0) is 55.9 Å². The lowest BCUT2D eigenvalue weighted by Gasteiger charge is -2.33. The number of anilines is 2. The minimum Gasteiger partial charge on any atom is -0.466 e. The molecule has 0 spiro atoms. The number of carbonyl (C=O) groups excluding carboxylic acids is 2. The van der Waals surface area contributed by atoms with Crippen LogP contribution in [-0.4, -0.2) is 76.7 Å². The second-order valence-electron chi connectivity index (χ2n) is 14.5. The second-order valence-corrected chi connectivity index (χ2v) is 14.9. The molecular weight excluding hydrogens is 662 g/mol. The number of pyridine rings is 1. The zero-order valence-electron chi connectivity index (χ0n) is 30.0.